The van der Waals surface area contributed by atoms with Crippen molar-refractivity contribution >= 4 is 41.3 Å². The first kappa shape index (κ1) is 26.5. The number of aliphatic hydroxyl groups is 1. The number of carbonyl (C=O) groups is 4. The maximum Gasteiger partial charge on any atom is 0.352 e. The Hall–Kier alpha value is -3.09. The Balaban J connectivity index is 1.68. The van der Waals surface area contributed by atoms with E-state index in [1.807, 2.05) is 0 Å². The highest BCUT2D eigenvalue weighted by atomic mass is 32.2. The predicted molar refractivity (Wildman–Crippen MR) is 128 cm³/mol. The summed E-state index contributed by atoms with van der Waals surface area (Å²) in [6.45, 7) is 3.69. The standard InChI is InChI=1S/C23H29N3O8S/c1-10-17(16(11(2)27)23(33)34-3)26-18(22(31)32)19(10)35-14-8-15(24-9-14)20(28)25-13-6-4-5-12(7-13)21(29)30/h4-7,10-11,14-17,24,26-27H,8-9H2,1-3H3,(H,25,28)(H,29,30)(H,31,32)/t10-,11-,14+,15+,16-,17?/m1/s1. The van der Waals surface area contributed by atoms with Gasteiger partial charge in [0.25, 0.3) is 0 Å². The molecule has 1 unspecified atom stereocenters. The van der Waals surface area contributed by atoms with Crippen LogP contribution in [0, 0.1) is 11.8 Å². The number of hydrogen-bond acceptors (Lipinski definition) is 9. The van der Waals surface area contributed by atoms with E-state index < -0.39 is 47.9 Å². The molecule has 11 nitrogen and oxygen atoms in total. The largest absolute Gasteiger partial charge is 0.478 e. The summed E-state index contributed by atoms with van der Waals surface area (Å²) >= 11 is 1.33. The number of carboxylic acids is 2. The van der Waals surface area contributed by atoms with E-state index in [0.717, 1.165) is 0 Å². The highest BCUT2D eigenvalue weighted by molar-refractivity contribution is 8.03. The van der Waals surface area contributed by atoms with E-state index >= 15 is 0 Å². The first-order chi connectivity index (χ1) is 16.5. The fourth-order valence-corrected chi connectivity index (χ4v) is 5.85. The van der Waals surface area contributed by atoms with E-state index in [2.05, 4.69) is 16.0 Å². The molecule has 1 saturated heterocycles. The molecule has 2 heterocycles. The molecule has 0 spiro atoms. The Bertz CT molecular complexity index is 1040. The number of carbonyl (C=O) groups excluding carboxylic acids is 2. The van der Waals surface area contributed by atoms with Crippen LogP contribution in [-0.2, 0) is 19.1 Å². The second-order valence-electron chi connectivity index (χ2n) is 8.60. The van der Waals surface area contributed by atoms with Gasteiger partial charge in [-0.1, -0.05) is 13.0 Å². The number of amides is 1. The maximum absolute atomic E-state index is 12.7. The van der Waals surface area contributed by atoms with Crippen molar-refractivity contribution in [2.45, 2.75) is 43.7 Å². The molecule has 3 rings (SSSR count). The van der Waals surface area contributed by atoms with E-state index in [4.69, 9.17) is 9.84 Å². The molecule has 1 fully saturated rings. The summed E-state index contributed by atoms with van der Waals surface area (Å²) in [6.07, 6.45) is -0.637. The number of thioether (sulfide) groups is 1. The lowest BCUT2D eigenvalue weighted by Gasteiger charge is -2.28. The molecule has 6 atom stereocenters. The number of esters is 1. The van der Waals surface area contributed by atoms with Gasteiger partial charge in [-0.15, -0.1) is 11.8 Å². The molecular formula is C23H29N3O8S. The topological polar surface area (TPSA) is 174 Å². The minimum atomic E-state index is -1.17. The van der Waals surface area contributed by atoms with E-state index in [0.29, 0.717) is 23.6 Å². The van der Waals surface area contributed by atoms with E-state index in [1.54, 1.807) is 19.1 Å². The molecule has 1 aromatic carbocycles. The smallest absolute Gasteiger partial charge is 0.352 e. The number of aliphatic hydroxyl groups excluding tert-OH is 1. The highest BCUT2D eigenvalue weighted by Gasteiger charge is 2.45. The fourth-order valence-electron chi connectivity index (χ4n) is 4.40. The van der Waals surface area contributed by atoms with E-state index in [-0.39, 0.29) is 22.4 Å². The number of carboxylic acid groups (broad SMARTS) is 2. The van der Waals surface area contributed by atoms with Crippen molar-refractivity contribution in [1.82, 2.24) is 10.6 Å². The van der Waals surface area contributed by atoms with Gasteiger partial charge in [-0.2, -0.15) is 0 Å². The minimum absolute atomic E-state index is 0.0274. The quantitative estimate of drug-likeness (QED) is 0.262. The maximum atomic E-state index is 12.7. The summed E-state index contributed by atoms with van der Waals surface area (Å²) in [5.41, 5.74) is 0.399. The fraction of sp³-hybridized carbons (Fsp3) is 0.478. The van der Waals surface area contributed by atoms with Crippen LogP contribution in [0.5, 0.6) is 0 Å². The average molecular weight is 508 g/mol. The molecule has 0 bridgehead atoms. The molecule has 2 aliphatic rings. The van der Waals surface area contributed by atoms with Crippen molar-refractivity contribution in [3.63, 3.8) is 0 Å². The van der Waals surface area contributed by atoms with Gasteiger partial charge >= 0.3 is 17.9 Å². The van der Waals surface area contributed by atoms with Gasteiger partial charge in [-0.05, 0) is 31.5 Å². The Morgan fingerprint density at radius 2 is 1.91 bits per heavy atom. The van der Waals surface area contributed by atoms with Gasteiger partial charge in [0, 0.05) is 34.3 Å². The highest BCUT2D eigenvalue weighted by Crippen LogP contribution is 2.42. The van der Waals surface area contributed by atoms with Crippen molar-refractivity contribution in [3.8, 4) is 0 Å². The van der Waals surface area contributed by atoms with E-state index in [1.165, 1.54) is 37.9 Å². The SMILES string of the molecule is COC(=O)[C@@H](C1NC(C(=O)O)=C(S[C@@H]2CN[C@H](C(=O)Nc3cccc(C(=O)O)c3)C2)[C@@H]1C)[C@@H](C)O. The molecule has 2 aliphatic heterocycles. The molecule has 0 aromatic heterocycles. The summed E-state index contributed by atoms with van der Waals surface area (Å²) in [4.78, 5) is 48.6. The third kappa shape index (κ3) is 5.95. The van der Waals surface area contributed by atoms with Gasteiger partial charge in [0.05, 0.1) is 24.8 Å². The number of ether oxygens (including phenoxy) is 1. The molecular weight excluding hydrogens is 478 g/mol. The molecule has 190 valence electrons. The van der Waals surface area contributed by atoms with Crippen LogP contribution in [0.4, 0.5) is 5.69 Å². The normalized spacial score (nSPS) is 25.5. The first-order valence-corrected chi connectivity index (χ1v) is 12.0. The first-order valence-electron chi connectivity index (χ1n) is 11.1. The third-order valence-corrected chi connectivity index (χ3v) is 7.70. The van der Waals surface area contributed by atoms with Crippen molar-refractivity contribution in [1.29, 1.82) is 0 Å². The van der Waals surface area contributed by atoms with Crippen LogP contribution >= 0.6 is 11.8 Å². The molecule has 1 amide bonds. The lowest BCUT2D eigenvalue weighted by Crippen LogP contribution is -2.46. The van der Waals surface area contributed by atoms with Crippen LogP contribution in [0.1, 0.15) is 30.6 Å². The Morgan fingerprint density at radius 3 is 2.51 bits per heavy atom. The summed E-state index contributed by atoms with van der Waals surface area (Å²) in [5.74, 6) is -4.57. The van der Waals surface area contributed by atoms with Crippen LogP contribution in [0.15, 0.2) is 34.9 Å². The number of aliphatic carboxylic acids is 1. The van der Waals surface area contributed by atoms with Gasteiger partial charge in [0.2, 0.25) is 5.91 Å². The second kappa shape index (κ2) is 11.1. The molecule has 0 aliphatic carbocycles. The Morgan fingerprint density at radius 1 is 1.20 bits per heavy atom. The van der Waals surface area contributed by atoms with Gasteiger partial charge in [0.1, 0.15) is 11.6 Å². The number of benzene rings is 1. The summed E-state index contributed by atoms with van der Waals surface area (Å²) in [5, 5.41) is 37.6. The number of anilines is 1. The monoisotopic (exact) mass is 507 g/mol. The summed E-state index contributed by atoms with van der Waals surface area (Å²) < 4.78 is 4.81. The Kier molecular flexibility index (Phi) is 8.41. The van der Waals surface area contributed by atoms with Crippen LogP contribution in [-0.4, -0.2) is 76.2 Å². The van der Waals surface area contributed by atoms with Crippen molar-refractivity contribution in [2.75, 3.05) is 19.0 Å². The van der Waals surface area contributed by atoms with Crippen molar-refractivity contribution < 1.29 is 39.2 Å². The lowest BCUT2D eigenvalue weighted by molar-refractivity contribution is -0.151. The number of nitrogens with one attached hydrogen (secondary N) is 3. The third-order valence-electron chi connectivity index (χ3n) is 6.18. The van der Waals surface area contributed by atoms with Crippen LogP contribution < -0.4 is 16.0 Å². The van der Waals surface area contributed by atoms with Gasteiger partial charge in [0.15, 0.2) is 0 Å². The number of rotatable bonds is 9. The summed E-state index contributed by atoms with van der Waals surface area (Å²) in [6, 6.07) is 4.73. The van der Waals surface area contributed by atoms with Crippen LogP contribution in [0.2, 0.25) is 0 Å². The summed E-state index contributed by atoms with van der Waals surface area (Å²) in [7, 11) is 1.21. The number of methoxy groups -OCH3 is 1. The lowest BCUT2D eigenvalue weighted by atomic mass is 9.87. The molecule has 35 heavy (non-hydrogen) atoms. The molecule has 0 saturated carbocycles. The van der Waals surface area contributed by atoms with E-state index in [9.17, 15) is 29.4 Å². The van der Waals surface area contributed by atoms with Gasteiger partial charge in [-0.3, -0.25) is 9.59 Å². The molecule has 12 heteroatoms. The predicted octanol–water partition coefficient (Wildman–Crippen LogP) is 0.861. The number of hydrogen-bond donors (Lipinski definition) is 6. The van der Waals surface area contributed by atoms with Crippen molar-refractivity contribution in [3.05, 3.63) is 40.4 Å². The van der Waals surface area contributed by atoms with Crippen LogP contribution in [0.25, 0.3) is 0 Å². The average Bonchev–Trinajstić information content (AvgIpc) is 3.40. The minimum Gasteiger partial charge on any atom is -0.478 e. The Labute approximate surface area is 206 Å². The van der Waals surface area contributed by atoms with Crippen molar-refractivity contribution in [2.24, 2.45) is 11.8 Å². The molecule has 6 N–H and O–H groups in total. The molecule has 1 aromatic rings. The van der Waals surface area contributed by atoms with Gasteiger partial charge < -0.3 is 36.0 Å². The number of aromatic carboxylic acids is 1. The molecule has 0 radical (unpaired) electrons. The van der Waals surface area contributed by atoms with Crippen LogP contribution in [0.3, 0.4) is 0 Å². The zero-order valence-electron chi connectivity index (χ0n) is 19.5. The zero-order chi connectivity index (χ0) is 25.9. The zero-order valence-corrected chi connectivity index (χ0v) is 20.3. The second-order valence-corrected chi connectivity index (χ2v) is 9.95. The van der Waals surface area contributed by atoms with Gasteiger partial charge in [-0.25, -0.2) is 9.59 Å².